The van der Waals surface area contributed by atoms with E-state index in [0.29, 0.717) is 19.4 Å². The zero-order valence-corrected chi connectivity index (χ0v) is 11.0. The van der Waals surface area contributed by atoms with Gasteiger partial charge in [-0.15, -0.1) is 0 Å². The van der Waals surface area contributed by atoms with Gasteiger partial charge in [0, 0.05) is 19.3 Å². The predicted octanol–water partition coefficient (Wildman–Crippen LogP) is 0.0175. The van der Waals surface area contributed by atoms with Crippen LogP contribution >= 0.6 is 0 Å². The van der Waals surface area contributed by atoms with Gasteiger partial charge in [0.2, 0.25) is 5.91 Å². The Morgan fingerprint density at radius 2 is 2.24 bits per heavy atom. The summed E-state index contributed by atoms with van der Waals surface area (Å²) in [6.45, 7) is 6.95. The number of hydrogen-bond donors (Lipinski definition) is 3. The van der Waals surface area contributed by atoms with Gasteiger partial charge >= 0.3 is 0 Å². The summed E-state index contributed by atoms with van der Waals surface area (Å²) in [6, 6.07) is -0.0824. The Morgan fingerprint density at radius 3 is 2.65 bits per heavy atom. The minimum Gasteiger partial charge on any atom is -0.396 e. The van der Waals surface area contributed by atoms with Gasteiger partial charge < -0.3 is 20.9 Å². The number of carbonyl (C=O) groups is 1. The van der Waals surface area contributed by atoms with Gasteiger partial charge in [-0.3, -0.25) is 4.79 Å². The molecule has 1 rings (SSSR count). The van der Waals surface area contributed by atoms with E-state index < -0.39 is 5.54 Å². The molecule has 0 spiro atoms. The molecule has 1 saturated heterocycles. The minimum absolute atomic E-state index is 0.0519. The fraction of sp³-hybridized carbons (Fsp3) is 0.917. The van der Waals surface area contributed by atoms with Crippen molar-refractivity contribution in [3.63, 3.8) is 0 Å². The summed E-state index contributed by atoms with van der Waals surface area (Å²) in [5.41, 5.74) is 4.98. The molecule has 0 saturated carbocycles. The maximum Gasteiger partial charge on any atom is 0.242 e. The van der Waals surface area contributed by atoms with Gasteiger partial charge in [0.15, 0.2) is 0 Å². The molecule has 0 aliphatic carbocycles. The number of aliphatic hydroxyl groups excluding tert-OH is 1. The average molecular weight is 244 g/mol. The standard InChI is InChI=1S/C12H24N2O3/c1-11(2,3)9(4-6-15)14-10(16)12(13)5-7-17-8-12/h9,15H,4-8,13H2,1-3H3,(H,14,16). The monoisotopic (exact) mass is 244 g/mol. The highest BCUT2D eigenvalue weighted by atomic mass is 16.5. The largest absolute Gasteiger partial charge is 0.396 e. The molecule has 0 aromatic heterocycles. The van der Waals surface area contributed by atoms with Crippen LogP contribution in [0.3, 0.4) is 0 Å². The van der Waals surface area contributed by atoms with Crippen LogP contribution in [0, 0.1) is 5.41 Å². The second-order valence-electron chi connectivity index (χ2n) is 5.86. The summed E-state index contributed by atoms with van der Waals surface area (Å²) in [7, 11) is 0. The highest BCUT2D eigenvalue weighted by Crippen LogP contribution is 2.23. The Morgan fingerprint density at radius 1 is 1.59 bits per heavy atom. The lowest BCUT2D eigenvalue weighted by Gasteiger charge is -2.33. The van der Waals surface area contributed by atoms with Crippen molar-refractivity contribution in [2.24, 2.45) is 11.1 Å². The van der Waals surface area contributed by atoms with E-state index in [4.69, 9.17) is 15.6 Å². The molecule has 2 atom stereocenters. The third kappa shape index (κ3) is 3.66. The lowest BCUT2D eigenvalue weighted by molar-refractivity contribution is -0.128. The van der Waals surface area contributed by atoms with E-state index in [0.717, 1.165) is 0 Å². The Kier molecular flexibility index (Phi) is 4.52. The molecule has 4 N–H and O–H groups in total. The molecule has 0 aromatic rings. The predicted molar refractivity (Wildman–Crippen MR) is 65.4 cm³/mol. The van der Waals surface area contributed by atoms with Crippen molar-refractivity contribution >= 4 is 5.91 Å². The van der Waals surface area contributed by atoms with Crippen LogP contribution in [0.25, 0.3) is 0 Å². The number of nitrogens with one attached hydrogen (secondary N) is 1. The summed E-state index contributed by atoms with van der Waals surface area (Å²) >= 11 is 0. The molecule has 1 aliphatic rings. The number of aliphatic hydroxyl groups is 1. The number of carbonyl (C=O) groups excluding carboxylic acids is 1. The Labute approximate surface area is 103 Å². The van der Waals surface area contributed by atoms with Crippen LogP contribution in [0.1, 0.15) is 33.6 Å². The molecule has 0 radical (unpaired) electrons. The van der Waals surface area contributed by atoms with Gasteiger partial charge in [-0.05, 0) is 18.3 Å². The number of amides is 1. The molecular weight excluding hydrogens is 220 g/mol. The fourth-order valence-corrected chi connectivity index (χ4v) is 1.91. The van der Waals surface area contributed by atoms with Crippen LogP contribution in [-0.2, 0) is 9.53 Å². The van der Waals surface area contributed by atoms with E-state index in [2.05, 4.69) is 5.32 Å². The molecular formula is C12H24N2O3. The zero-order valence-electron chi connectivity index (χ0n) is 11.0. The summed E-state index contributed by atoms with van der Waals surface area (Å²) in [6.07, 6.45) is 1.08. The molecule has 5 heteroatoms. The summed E-state index contributed by atoms with van der Waals surface area (Å²) in [5.74, 6) is -0.177. The molecule has 17 heavy (non-hydrogen) atoms. The Bertz CT molecular complexity index is 267. The Hall–Kier alpha value is -0.650. The van der Waals surface area contributed by atoms with Crippen LogP contribution in [0.15, 0.2) is 0 Å². The maximum absolute atomic E-state index is 12.1. The minimum atomic E-state index is -0.904. The number of hydrogen-bond acceptors (Lipinski definition) is 4. The van der Waals surface area contributed by atoms with Crippen LogP contribution in [0.2, 0.25) is 0 Å². The summed E-state index contributed by atoms with van der Waals surface area (Å²) in [4.78, 5) is 12.1. The van der Waals surface area contributed by atoms with E-state index in [-0.39, 0.29) is 30.6 Å². The second-order valence-corrected chi connectivity index (χ2v) is 5.86. The van der Waals surface area contributed by atoms with Crippen molar-refractivity contribution in [2.75, 3.05) is 19.8 Å². The van der Waals surface area contributed by atoms with Crippen molar-refractivity contribution < 1.29 is 14.6 Å². The van der Waals surface area contributed by atoms with Crippen molar-refractivity contribution in [1.82, 2.24) is 5.32 Å². The van der Waals surface area contributed by atoms with E-state index in [1.165, 1.54) is 0 Å². The third-order valence-electron chi connectivity index (χ3n) is 3.27. The van der Waals surface area contributed by atoms with Gasteiger partial charge in [0.05, 0.1) is 6.61 Å². The molecule has 1 heterocycles. The van der Waals surface area contributed by atoms with Crippen molar-refractivity contribution in [2.45, 2.75) is 45.2 Å². The molecule has 0 bridgehead atoms. The van der Waals surface area contributed by atoms with Gasteiger partial charge in [-0.2, -0.15) is 0 Å². The first-order valence-corrected chi connectivity index (χ1v) is 6.08. The number of rotatable bonds is 4. The zero-order chi connectivity index (χ0) is 13.1. The van der Waals surface area contributed by atoms with Crippen molar-refractivity contribution in [1.29, 1.82) is 0 Å². The normalized spacial score (nSPS) is 26.9. The highest BCUT2D eigenvalue weighted by molar-refractivity contribution is 5.86. The lowest BCUT2D eigenvalue weighted by atomic mass is 9.84. The smallest absolute Gasteiger partial charge is 0.242 e. The molecule has 2 unspecified atom stereocenters. The first-order chi connectivity index (χ1) is 7.79. The Balaban J connectivity index is 2.64. The third-order valence-corrected chi connectivity index (χ3v) is 3.27. The first-order valence-electron chi connectivity index (χ1n) is 6.08. The van der Waals surface area contributed by atoms with Gasteiger partial charge in [0.25, 0.3) is 0 Å². The maximum atomic E-state index is 12.1. The average Bonchev–Trinajstić information content (AvgIpc) is 2.64. The van der Waals surface area contributed by atoms with Crippen LogP contribution < -0.4 is 11.1 Å². The molecule has 0 aromatic carbocycles. The number of ether oxygens (including phenoxy) is 1. The highest BCUT2D eigenvalue weighted by Gasteiger charge is 2.40. The molecule has 1 aliphatic heterocycles. The summed E-state index contributed by atoms with van der Waals surface area (Å²) < 4.78 is 5.17. The quantitative estimate of drug-likeness (QED) is 0.651. The first kappa shape index (κ1) is 14.4. The SMILES string of the molecule is CC(C)(C)C(CCO)NC(=O)C1(N)CCOC1. The molecule has 1 amide bonds. The lowest BCUT2D eigenvalue weighted by Crippen LogP contribution is -2.58. The second kappa shape index (κ2) is 5.33. The fourth-order valence-electron chi connectivity index (χ4n) is 1.91. The van der Waals surface area contributed by atoms with Crippen LogP contribution in [-0.4, -0.2) is 42.4 Å². The van der Waals surface area contributed by atoms with Gasteiger partial charge in [-0.25, -0.2) is 0 Å². The van der Waals surface area contributed by atoms with E-state index in [1.807, 2.05) is 20.8 Å². The van der Waals surface area contributed by atoms with Crippen molar-refractivity contribution in [3.8, 4) is 0 Å². The summed E-state index contributed by atoms with van der Waals surface area (Å²) in [5, 5.41) is 12.0. The molecule has 5 nitrogen and oxygen atoms in total. The number of nitrogens with two attached hydrogens (primary N) is 1. The van der Waals surface area contributed by atoms with E-state index in [1.54, 1.807) is 0 Å². The van der Waals surface area contributed by atoms with Crippen LogP contribution in [0.5, 0.6) is 0 Å². The van der Waals surface area contributed by atoms with Crippen molar-refractivity contribution in [3.05, 3.63) is 0 Å². The van der Waals surface area contributed by atoms with Crippen LogP contribution in [0.4, 0.5) is 0 Å². The topological polar surface area (TPSA) is 84.6 Å². The van der Waals surface area contributed by atoms with Gasteiger partial charge in [0.1, 0.15) is 5.54 Å². The van der Waals surface area contributed by atoms with E-state index >= 15 is 0 Å². The van der Waals surface area contributed by atoms with Gasteiger partial charge in [-0.1, -0.05) is 20.8 Å². The van der Waals surface area contributed by atoms with E-state index in [9.17, 15) is 4.79 Å². The molecule has 100 valence electrons. The molecule has 1 fully saturated rings.